The Balaban J connectivity index is 1.57. The Morgan fingerprint density at radius 2 is 1.85 bits per heavy atom. The molecular formula is C28H24ClFN4O6S. The van der Waals surface area contributed by atoms with E-state index in [1.807, 2.05) is 30.3 Å². The largest absolute Gasteiger partial charge is 0.495 e. The van der Waals surface area contributed by atoms with E-state index in [1.54, 1.807) is 19.9 Å². The van der Waals surface area contributed by atoms with Crippen LogP contribution < -0.4 is 15.2 Å². The van der Waals surface area contributed by atoms with Crippen LogP contribution in [0, 0.1) is 12.7 Å². The summed E-state index contributed by atoms with van der Waals surface area (Å²) in [6.07, 6.45) is 1.54. The highest BCUT2D eigenvalue weighted by molar-refractivity contribution is 7.89. The third-order valence-corrected chi connectivity index (χ3v) is 8.34. The molecular weight excluding hydrogens is 575 g/mol. The van der Waals surface area contributed by atoms with Gasteiger partial charge in [0.15, 0.2) is 5.76 Å². The smallest absolute Gasteiger partial charge is 0.434 e. The van der Waals surface area contributed by atoms with E-state index in [0.717, 1.165) is 5.56 Å². The zero-order valence-electron chi connectivity index (χ0n) is 22.0. The first-order valence-electron chi connectivity index (χ1n) is 12.3. The van der Waals surface area contributed by atoms with Crippen molar-refractivity contribution >= 4 is 21.6 Å². The molecule has 0 spiro atoms. The monoisotopic (exact) mass is 598 g/mol. The van der Waals surface area contributed by atoms with Crippen LogP contribution in [0.1, 0.15) is 35.9 Å². The van der Waals surface area contributed by atoms with Crippen LogP contribution in [-0.2, 0) is 10.0 Å². The molecule has 2 aromatic heterocycles. The molecule has 2 unspecified atom stereocenters. The minimum atomic E-state index is -4.33. The van der Waals surface area contributed by atoms with Gasteiger partial charge < -0.3 is 13.6 Å². The van der Waals surface area contributed by atoms with E-state index in [9.17, 15) is 13.2 Å². The van der Waals surface area contributed by atoms with Crippen LogP contribution in [0.25, 0.3) is 22.8 Å². The number of H-pyrrole nitrogens is 1. The first kappa shape index (κ1) is 28.3. The van der Waals surface area contributed by atoms with E-state index in [2.05, 4.69) is 19.9 Å². The Bertz CT molecular complexity index is 1870. The number of rotatable bonds is 9. The summed E-state index contributed by atoms with van der Waals surface area (Å²) in [6, 6.07) is 14.8. The fourth-order valence-electron chi connectivity index (χ4n) is 4.64. The normalized spacial score (nSPS) is 13.2. The number of ether oxygens (including phenoxy) is 1. The molecule has 0 radical (unpaired) electrons. The number of nitrogens with zero attached hydrogens (tertiary/aromatic N) is 2. The number of aromatic amines is 1. The highest BCUT2D eigenvalue weighted by Crippen LogP contribution is 2.39. The molecule has 0 aliphatic heterocycles. The Hall–Kier alpha value is -4.26. The number of hydrogen-bond donors (Lipinski definition) is 2. The Morgan fingerprint density at radius 3 is 2.54 bits per heavy atom. The van der Waals surface area contributed by atoms with E-state index >= 15 is 4.39 Å². The Labute approximate surface area is 239 Å². The zero-order chi connectivity index (χ0) is 29.3. The lowest BCUT2D eigenvalue weighted by molar-refractivity contribution is 0.374. The quantitative estimate of drug-likeness (QED) is 0.223. The molecule has 0 saturated carbocycles. The molecule has 5 rings (SSSR count). The van der Waals surface area contributed by atoms with Gasteiger partial charge in [-0.25, -0.2) is 27.7 Å². The van der Waals surface area contributed by atoms with Crippen LogP contribution in [0.4, 0.5) is 4.39 Å². The third kappa shape index (κ3) is 5.67. The van der Waals surface area contributed by atoms with E-state index in [4.69, 9.17) is 25.2 Å². The summed E-state index contributed by atoms with van der Waals surface area (Å²) in [6.45, 7) is 3.27. The molecule has 41 heavy (non-hydrogen) atoms. The molecule has 2 N–H and O–H groups in total. The summed E-state index contributed by atoms with van der Waals surface area (Å²) < 4.78 is 61.4. The summed E-state index contributed by atoms with van der Waals surface area (Å²) in [7, 11) is -3.03. The van der Waals surface area contributed by atoms with Crippen molar-refractivity contribution in [2.24, 2.45) is 0 Å². The lowest BCUT2D eigenvalue weighted by Crippen LogP contribution is -2.33. The summed E-state index contributed by atoms with van der Waals surface area (Å²) in [5.41, 5.74) is 1.95. The molecule has 0 bridgehead atoms. The average molecular weight is 599 g/mol. The number of aromatic nitrogens is 3. The van der Waals surface area contributed by atoms with Crippen molar-refractivity contribution in [3.63, 3.8) is 0 Å². The molecule has 3 aromatic carbocycles. The number of hydrogen-bond acceptors (Lipinski definition) is 8. The second-order valence-corrected chi connectivity index (χ2v) is 11.3. The van der Waals surface area contributed by atoms with Gasteiger partial charge in [0.2, 0.25) is 21.8 Å². The van der Waals surface area contributed by atoms with Gasteiger partial charge in [-0.2, -0.15) is 4.72 Å². The SMILES string of the molecule is COc1cc(Cl)ccc1S(=O)(=O)NC(c1n[nH]c(=O)o1)C(C)c1c(F)ccc(-c2cnc(-c3ccccc3)o2)c1C. The van der Waals surface area contributed by atoms with Gasteiger partial charge in [0.05, 0.1) is 13.3 Å². The molecule has 5 aromatic rings. The van der Waals surface area contributed by atoms with Crippen LogP contribution in [0.3, 0.4) is 0 Å². The van der Waals surface area contributed by atoms with Crippen molar-refractivity contribution in [1.82, 2.24) is 19.9 Å². The first-order chi connectivity index (χ1) is 19.6. The molecule has 13 heteroatoms. The predicted molar refractivity (Wildman–Crippen MR) is 149 cm³/mol. The van der Waals surface area contributed by atoms with Crippen LogP contribution in [-0.4, -0.2) is 30.7 Å². The summed E-state index contributed by atoms with van der Waals surface area (Å²) in [5.74, 6) is -1.94. The van der Waals surface area contributed by atoms with Gasteiger partial charge in [0, 0.05) is 28.1 Å². The lowest BCUT2D eigenvalue weighted by Gasteiger charge is -2.25. The van der Waals surface area contributed by atoms with Gasteiger partial charge >= 0.3 is 5.76 Å². The second kappa shape index (κ2) is 11.3. The molecule has 0 fully saturated rings. The van der Waals surface area contributed by atoms with Crippen molar-refractivity contribution < 1.29 is 26.4 Å². The molecule has 0 saturated heterocycles. The predicted octanol–water partition coefficient (Wildman–Crippen LogP) is 5.62. The van der Waals surface area contributed by atoms with E-state index in [1.165, 1.54) is 37.6 Å². The molecule has 0 aliphatic carbocycles. The number of benzene rings is 3. The maximum absolute atomic E-state index is 15.5. The first-order valence-corrected chi connectivity index (χ1v) is 14.2. The van der Waals surface area contributed by atoms with Gasteiger partial charge in [-0.05, 0) is 54.4 Å². The molecule has 2 atom stereocenters. The molecule has 212 valence electrons. The Morgan fingerprint density at radius 1 is 1.10 bits per heavy atom. The minimum Gasteiger partial charge on any atom is -0.495 e. The molecule has 10 nitrogen and oxygen atoms in total. The third-order valence-electron chi connectivity index (χ3n) is 6.63. The van der Waals surface area contributed by atoms with Gasteiger partial charge in [-0.15, -0.1) is 5.10 Å². The Kier molecular flexibility index (Phi) is 7.80. The number of halogens is 2. The highest BCUT2D eigenvalue weighted by atomic mass is 35.5. The van der Waals surface area contributed by atoms with Crippen molar-refractivity contribution in [2.45, 2.75) is 30.7 Å². The van der Waals surface area contributed by atoms with Crippen LogP contribution in [0.5, 0.6) is 5.75 Å². The lowest BCUT2D eigenvalue weighted by atomic mass is 9.87. The summed E-state index contributed by atoms with van der Waals surface area (Å²) in [4.78, 5) is 16.0. The highest BCUT2D eigenvalue weighted by Gasteiger charge is 2.35. The molecule has 2 heterocycles. The number of methoxy groups -OCH3 is 1. The van der Waals surface area contributed by atoms with Crippen molar-refractivity contribution in [1.29, 1.82) is 0 Å². The number of oxazole rings is 1. The standard InChI is InChI=1S/C28H24ClFN4O6S/c1-15-19(22-14-31-26(39-22)17-7-5-4-6-8-17)10-11-20(30)24(15)16(2)25(27-32-33-28(35)40-27)34-41(36,37)23-12-9-18(29)13-21(23)38-3/h4-14,16,25,34H,1-3H3,(H,33,35). The number of sulfonamides is 1. The minimum absolute atomic E-state index is 0.0104. The van der Waals surface area contributed by atoms with E-state index in [-0.39, 0.29) is 27.1 Å². The van der Waals surface area contributed by atoms with Crippen LogP contribution in [0.15, 0.2) is 85.4 Å². The van der Waals surface area contributed by atoms with Crippen molar-refractivity contribution in [2.75, 3.05) is 7.11 Å². The van der Waals surface area contributed by atoms with Crippen molar-refractivity contribution in [3.05, 3.63) is 105 Å². The van der Waals surface area contributed by atoms with Crippen LogP contribution >= 0.6 is 11.6 Å². The topological polar surface area (TPSA) is 140 Å². The van der Waals surface area contributed by atoms with E-state index < -0.39 is 33.6 Å². The number of nitrogens with one attached hydrogen (secondary N) is 2. The van der Waals surface area contributed by atoms with Gasteiger partial charge in [0.1, 0.15) is 22.5 Å². The van der Waals surface area contributed by atoms with E-state index in [0.29, 0.717) is 22.8 Å². The second-order valence-electron chi connectivity index (χ2n) is 9.16. The average Bonchev–Trinajstić information content (AvgIpc) is 3.61. The summed E-state index contributed by atoms with van der Waals surface area (Å²) in [5, 5.41) is 6.23. The van der Waals surface area contributed by atoms with Crippen molar-refractivity contribution in [3.8, 4) is 28.5 Å². The van der Waals surface area contributed by atoms with Gasteiger partial charge in [-0.1, -0.05) is 36.7 Å². The fourth-order valence-corrected chi connectivity index (χ4v) is 6.22. The zero-order valence-corrected chi connectivity index (χ0v) is 23.6. The maximum atomic E-state index is 15.5. The van der Waals surface area contributed by atoms with Crippen LogP contribution in [0.2, 0.25) is 5.02 Å². The fraction of sp³-hybridized carbons (Fsp3) is 0.179. The maximum Gasteiger partial charge on any atom is 0.434 e. The molecule has 0 amide bonds. The van der Waals surface area contributed by atoms with Gasteiger partial charge in [-0.3, -0.25) is 0 Å². The summed E-state index contributed by atoms with van der Waals surface area (Å²) >= 11 is 6.00. The molecule has 0 aliphatic rings. The van der Waals surface area contributed by atoms with Gasteiger partial charge in [0.25, 0.3) is 0 Å².